The van der Waals surface area contributed by atoms with Gasteiger partial charge in [-0.05, 0) is 32.6 Å². The van der Waals surface area contributed by atoms with E-state index in [4.69, 9.17) is 5.11 Å². The van der Waals surface area contributed by atoms with Gasteiger partial charge in [0.1, 0.15) is 5.54 Å². The summed E-state index contributed by atoms with van der Waals surface area (Å²) >= 11 is 1.93. The summed E-state index contributed by atoms with van der Waals surface area (Å²) in [5.74, 6) is 0.335. The smallest absolute Gasteiger partial charge is 0.323 e. The van der Waals surface area contributed by atoms with Crippen LogP contribution in [0.1, 0.15) is 47.0 Å². The Balaban J connectivity index is 3.77. The van der Waals surface area contributed by atoms with Gasteiger partial charge < -0.3 is 10.4 Å². The molecule has 0 saturated carbocycles. The zero-order valence-electron chi connectivity index (χ0n) is 11.1. The lowest BCUT2D eigenvalue weighted by molar-refractivity contribution is -0.144. The van der Waals surface area contributed by atoms with E-state index in [1.54, 1.807) is 14.0 Å². The van der Waals surface area contributed by atoms with Gasteiger partial charge in [0.15, 0.2) is 0 Å². The maximum atomic E-state index is 11.0. The van der Waals surface area contributed by atoms with Crippen LogP contribution in [0.15, 0.2) is 0 Å². The molecule has 0 bridgehead atoms. The van der Waals surface area contributed by atoms with Gasteiger partial charge in [0.2, 0.25) is 0 Å². The zero-order chi connectivity index (χ0) is 12.8. The van der Waals surface area contributed by atoms with Gasteiger partial charge in [-0.2, -0.15) is 11.8 Å². The summed E-state index contributed by atoms with van der Waals surface area (Å²) in [6, 6.07) is 0. The highest BCUT2D eigenvalue weighted by Gasteiger charge is 2.30. The number of hydrogen-bond acceptors (Lipinski definition) is 3. The van der Waals surface area contributed by atoms with Crippen LogP contribution in [-0.2, 0) is 4.79 Å². The van der Waals surface area contributed by atoms with Crippen LogP contribution in [0.25, 0.3) is 0 Å². The molecule has 3 nitrogen and oxygen atoms in total. The Morgan fingerprint density at radius 3 is 2.19 bits per heavy atom. The van der Waals surface area contributed by atoms with E-state index in [1.807, 2.05) is 11.8 Å². The normalized spacial score (nSPS) is 15.8. The second-order valence-corrected chi connectivity index (χ2v) is 7.23. The van der Waals surface area contributed by atoms with E-state index in [0.29, 0.717) is 11.2 Å². The minimum Gasteiger partial charge on any atom is -0.480 e. The first kappa shape index (κ1) is 15.8. The number of thioether (sulfide) groups is 1. The van der Waals surface area contributed by atoms with Crippen LogP contribution in [-0.4, -0.2) is 34.2 Å². The first-order valence-electron chi connectivity index (χ1n) is 5.77. The lowest BCUT2D eigenvalue weighted by Gasteiger charge is -2.24. The topological polar surface area (TPSA) is 49.3 Å². The number of carbonyl (C=O) groups is 1. The number of carboxylic acid groups (broad SMARTS) is 1. The van der Waals surface area contributed by atoms with Crippen LogP contribution in [0.2, 0.25) is 0 Å². The van der Waals surface area contributed by atoms with Gasteiger partial charge in [-0.1, -0.05) is 27.2 Å². The Hall–Kier alpha value is -0.220. The summed E-state index contributed by atoms with van der Waals surface area (Å²) in [5, 5.41) is 11.9. The minimum absolute atomic E-state index is 0.305. The molecule has 0 fully saturated rings. The maximum absolute atomic E-state index is 11.0. The standard InChI is InChI=1S/C12H25NO2S/c1-11(2,3)16-9-7-6-8-12(4,13-5)10(14)15/h13H,6-9H2,1-5H3,(H,14,15). The Labute approximate surface area is 103 Å². The van der Waals surface area contributed by atoms with E-state index in [9.17, 15) is 4.79 Å². The van der Waals surface area contributed by atoms with Gasteiger partial charge in [-0.3, -0.25) is 4.79 Å². The van der Waals surface area contributed by atoms with E-state index in [2.05, 4.69) is 26.1 Å². The van der Waals surface area contributed by atoms with Crippen molar-refractivity contribution >= 4 is 17.7 Å². The summed E-state index contributed by atoms with van der Waals surface area (Å²) in [6.07, 6.45) is 2.71. The second kappa shape index (κ2) is 6.50. The van der Waals surface area contributed by atoms with E-state index in [1.165, 1.54) is 0 Å². The molecule has 0 radical (unpaired) electrons. The molecule has 16 heavy (non-hydrogen) atoms. The van der Waals surface area contributed by atoms with Crippen LogP contribution in [0.3, 0.4) is 0 Å². The Morgan fingerprint density at radius 2 is 1.81 bits per heavy atom. The molecule has 0 aromatic carbocycles. The van der Waals surface area contributed by atoms with Crippen molar-refractivity contribution in [3.8, 4) is 0 Å². The van der Waals surface area contributed by atoms with Crippen LogP contribution in [0.4, 0.5) is 0 Å². The SMILES string of the molecule is CNC(C)(CCCCSC(C)(C)C)C(=O)O. The number of carboxylic acids is 1. The molecular formula is C12H25NO2S. The molecule has 0 amide bonds. The molecule has 0 aromatic heterocycles. The highest BCUT2D eigenvalue weighted by molar-refractivity contribution is 8.00. The number of likely N-dealkylation sites (N-methyl/N-ethyl adjacent to an activating group) is 1. The fraction of sp³-hybridized carbons (Fsp3) is 0.917. The van der Waals surface area contributed by atoms with Crippen LogP contribution in [0, 0.1) is 0 Å². The van der Waals surface area contributed by atoms with E-state index < -0.39 is 11.5 Å². The largest absolute Gasteiger partial charge is 0.480 e. The minimum atomic E-state index is -0.771. The van der Waals surface area contributed by atoms with Crippen molar-refractivity contribution in [3.05, 3.63) is 0 Å². The van der Waals surface area contributed by atoms with Gasteiger partial charge in [-0.15, -0.1) is 0 Å². The predicted molar refractivity (Wildman–Crippen MR) is 71.2 cm³/mol. The fourth-order valence-corrected chi connectivity index (χ4v) is 2.26. The molecule has 1 unspecified atom stereocenters. The molecule has 0 aliphatic heterocycles. The maximum Gasteiger partial charge on any atom is 0.323 e. The van der Waals surface area contributed by atoms with Gasteiger partial charge >= 0.3 is 5.97 Å². The number of rotatable bonds is 7. The van der Waals surface area contributed by atoms with Gasteiger partial charge in [-0.25, -0.2) is 0 Å². The quantitative estimate of drug-likeness (QED) is 0.679. The average molecular weight is 247 g/mol. The van der Waals surface area contributed by atoms with Crippen molar-refractivity contribution in [1.82, 2.24) is 5.32 Å². The number of hydrogen-bond donors (Lipinski definition) is 2. The van der Waals surface area contributed by atoms with Gasteiger partial charge in [0.05, 0.1) is 0 Å². The molecule has 1 atom stereocenters. The molecule has 96 valence electrons. The summed E-state index contributed by atoms with van der Waals surface area (Å²) in [4.78, 5) is 11.0. The van der Waals surface area contributed by atoms with Crippen LogP contribution in [0.5, 0.6) is 0 Å². The first-order chi connectivity index (χ1) is 7.21. The highest BCUT2D eigenvalue weighted by Crippen LogP contribution is 2.25. The monoisotopic (exact) mass is 247 g/mol. The fourth-order valence-electron chi connectivity index (χ4n) is 1.30. The summed E-state index contributed by atoms with van der Waals surface area (Å²) in [6.45, 7) is 8.35. The van der Waals surface area contributed by atoms with Crippen molar-refractivity contribution in [2.75, 3.05) is 12.8 Å². The average Bonchev–Trinajstić information content (AvgIpc) is 2.14. The van der Waals surface area contributed by atoms with Gasteiger partial charge in [0, 0.05) is 4.75 Å². The van der Waals surface area contributed by atoms with E-state index >= 15 is 0 Å². The Bertz CT molecular complexity index is 226. The second-order valence-electron chi connectivity index (χ2n) is 5.31. The third kappa shape index (κ3) is 6.38. The van der Waals surface area contributed by atoms with Crippen LogP contribution >= 0.6 is 11.8 Å². The van der Waals surface area contributed by atoms with Crippen molar-refractivity contribution < 1.29 is 9.90 Å². The molecule has 0 saturated heterocycles. The van der Waals surface area contributed by atoms with Crippen molar-refractivity contribution in [2.24, 2.45) is 0 Å². The van der Waals surface area contributed by atoms with Gasteiger partial charge in [0.25, 0.3) is 0 Å². The molecule has 0 heterocycles. The Kier molecular flexibility index (Phi) is 6.41. The molecule has 0 aliphatic rings. The summed E-state index contributed by atoms with van der Waals surface area (Å²) < 4.78 is 0.305. The molecule has 2 N–H and O–H groups in total. The highest BCUT2D eigenvalue weighted by atomic mass is 32.2. The van der Waals surface area contributed by atoms with E-state index in [-0.39, 0.29) is 0 Å². The summed E-state index contributed by atoms with van der Waals surface area (Å²) in [5.41, 5.74) is -0.771. The van der Waals surface area contributed by atoms with E-state index in [0.717, 1.165) is 18.6 Å². The number of unbranched alkanes of at least 4 members (excludes halogenated alkanes) is 1. The van der Waals surface area contributed by atoms with Crippen LogP contribution < -0.4 is 5.32 Å². The summed E-state index contributed by atoms with van der Waals surface area (Å²) in [7, 11) is 1.71. The predicted octanol–water partition coefficient (Wildman–Crippen LogP) is 2.75. The zero-order valence-corrected chi connectivity index (χ0v) is 11.9. The number of aliphatic carboxylic acids is 1. The molecule has 4 heteroatoms. The third-order valence-electron chi connectivity index (χ3n) is 2.63. The Morgan fingerprint density at radius 1 is 1.25 bits per heavy atom. The first-order valence-corrected chi connectivity index (χ1v) is 6.76. The van der Waals surface area contributed by atoms with Crippen molar-refractivity contribution in [2.45, 2.75) is 57.2 Å². The van der Waals surface area contributed by atoms with Crippen molar-refractivity contribution in [3.63, 3.8) is 0 Å². The lowest BCUT2D eigenvalue weighted by Crippen LogP contribution is -2.47. The molecule has 0 rings (SSSR count). The molecular weight excluding hydrogens is 222 g/mol. The molecule has 0 aliphatic carbocycles. The molecule has 0 aromatic rings. The molecule has 0 spiro atoms. The third-order valence-corrected chi connectivity index (χ3v) is 3.99. The lowest BCUT2D eigenvalue weighted by atomic mass is 9.95. The number of nitrogens with one attached hydrogen (secondary N) is 1. The van der Waals surface area contributed by atoms with Crippen molar-refractivity contribution in [1.29, 1.82) is 0 Å².